The molecule has 2 aromatic carbocycles. The summed E-state index contributed by atoms with van der Waals surface area (Å²) in [7, 11) is -2.61. The van der Waals surface area contributed by atoms with Crippen LogP contribution in [0.5, 0.6) is 5.75 Å². The molecule has 6 heteroatoms. The van der Waals surface area contributed by atoms with Gasteiger partial charge in [0, 0.05) is 12.0 Å². The van der Waals surface area contributed by atoms with E-state index in [0.717, 1.165) is 21.3 Å². The minimum atomic E-state index is -3.79. The minimum absolute atomic E-state index is 0.181. The van der Waals surface area contributed by atoms with Gasteiger partial charge in [0.2, 0.25) is 0 Å². The summed E-state index contributed by atoms with van der Waals surface area (Å²) in [5.41, 5.74) is 4.14. The Morgan fingerprint density at radius 3 is 2.59 bits per heavy atom. The maximum atomic E-state index is 12.4. The van der Waals surface area contributed by atoms with Crippen LogP contribution in [0.3, 0.4) is 0 Å². The van der Waals surface area contributed by atoms with E-state index >= 15 is 0 Å². The van der Waals surface area contributed by atoms with Crippen molar-refractivity contribution < 1.29 is 17.3 Å². The normalized spacial score (nSPS) is 19.9. The number of hydrogen-bond acceptors (Lipinski definition) is 4. The van der Waals surface area contributed by atoms with Crippen molar-refractivity contribution in [1.29, 1.82) is 0 Å². The van der Waals surface area contributed by atoms with Crippen LogP contribution in [0.1, 0.15) is 60.0 Å². The first-order valence-electron chi connectivity index (χ1n) is 9.29. The molecule has 0 aromatic heterocycles. The van der Waals surface area contributed by atoms with Gasteiger partial charge in [-0.2, -0.15) is 8.42 Å². The fourth-order valence-electron chi connectivity index (χ4n) is 4.25. The number of hydrogen-bond donors (Lipinski definition) is 0. The Morgan fingerprint density at radius 1 is 1.15 bits per heavy atom. The first kappa shape index (κ1) is 19.0. The van der Waals surface area contributed by atoms with E-state index in [1.165, 1.54) is 38.4 Å². The summed E-state index contributed by atoms with van der Waals surface area (Å²) in [6, 6.07) is 9.69. The Labute approximate surface area is 169 Å². The number of aryl methyl sites for hydroxylation is 1. The van der Waals surface area contributed by atoms with Crippen molar-refractivity contribution in [3.63, 3.8) is 0 Å². The van der Waals surface area contributed by atoms with E-state index in [1.807, 2.05) is 13.0 Å². The molecule has 1 saturated carbocycles. The topological polar surface area (TPSA) is 52.6 Å². The zero-order valence-electron chi connectivity index (χ0n) is 15.5. The highest BCUT2D eigenvalue weighted by Gasteiger charge is 2.32. The molecule has 2 aromatic rings. The van der Waals surface area contributed by atoms with Gasteiger partial charge in [0.05, 0.1) is 11.6 Å². The van der Waals surface area contributed by atoms with E-state index in [0.29, 0.717) is 17.9 Å². The van der Waals surface area contributed by atoms with Crippen LogP contribution in [-0.4, -0.2) is 15.5 Å². The van der Waals surface area contributed by atoms with Crippen LogP contribution < -0.4 is 4.74 Å². The lowest BCUT2D eigenvalue weighted by Crippen LogP contribution is -2.12. The molecule has 1 unspecified atom stereocenters. The lowest BCUT2D eigenvalue weighted by Gasteiger charge is -2.16. The molecule has 0 spiro atoms. The number of benzene rings is 2. The number of fused-ring (bicyclic) bond motifs is 1. The van der Waals surface area contributed by atoms with Gasteiger partial charge in [-0.15, -0.1) is 0 Å². The van der Waals surface area contributed by atoms with Crippen molar-refractivity contribution in [2.24, 2.45) is 0 Å². The molecule has 4 nitrogen and oxygen atoms in total. The van der Waals surface area contributed by atoms with Gasteiger partial charge in [-0.3, -0.25) is 4.18 Å². The Hall–Kier alpha value is -1.37. The van der Waals surface area contributed by atoms with E-state index in [-0.39, 0.29) is 11.0 Å². The quantitative estimate of drug-likeness (QED) is 0.582. The fraction of sp³-hybridized carbons (Fsp3) is 0.429. The van der Waals surface area contributed by atoms with Crippen molar-refractivity contribution in [2.75, 3.05) is 7.11 Å². The summed E-state index contributed by atoms with van der Waals surface area (Å²) in [6.45, 7) is 1.95. The van der Waals surface area contributed by atoms with Gasteiger partial charge in [0.15, 0.2) is 0 Å². The molecule has 1 fully saturated rings. The highest BCUT2D eigenvalue weighted by molar-refractivity contribution is 9.10. The molecule has 0 bridgehead atoms. The van der Waals surface area contributed by atoms with Gasteiger partial charge >= 0.3 is 0 Å². The Balaban J connectivity index is 1.71. The van der Waals surface area contributed by atoms with E-state index in [9.17, 15) is 8.42 Å². The molecule has 1 aliphatic heterocycles. The van der Waals surface area contributed by atoms with Gasteiger partial charge in [-0.05, 0) is 64.9 Å². The second-order valence-electron chi connectivity index (χ2n) is 7.45. The molecular formula is C21H23BrO4S. The molecule has 144 valence electrons. The summed E-state index contributed by atoms with van der Waals surface area (Å²) < 4.78 is 36.7. The molecular weight excluding hydrogens is 428 g/mol. The molecule has 1 aliphatic carbocycles. The fourth-order valence-corrected chi connectivity index (χ4v) is 5.75. The molecule has 0 radical (unpaired) electrons. The van der Waals surface area contributed by atoms with Crippen LogP contribution in [0.25, 0.3) is 0 Å². The lowest BCUT2D eigenvalue weighted by atomic mass is 9.94. The maximum absolute atomic E-state index is 12.4. The van der Waals surface area contributed by atoms with Crippen LogP contribution in [0.15, 0.2) is 39.7 Å². The molecule has 1 heterocycles. The summed E-state index contributed by atoms with van der Waals surface area (Å²) >= 11 is 3.66. The largest absolute Gasteiger partial charge is 0.484 e. The van der Waals surface area contributed by atoms with E-state index in [1.54, 1.807) is 12.1 Å². The van der Waals surface area contributed by atoms with E-state index in [4.69, 9.17) is 8.92 Å². The first-order chi connectivity index (χ1) is 12.9. The zero-order chi connectivity index (χ0) is 19.2. The SMILES string of the molecule is COS(=O)(=O)c1ccc(C)cc1C1Cc2cc(C3CCCC3)cc(Br)c2O1. The Bertz CT molecular complexity index is 978. The summed E-state index contributed by atoms with van der Waals surface area (Å²) in [6.07, 6.45) is 5.38. The van der Waals surface area contributed by atoms with Crippen molar-refractivity contribution in [1.82, 2.24) is 0 Å². The molecule has 0 saturated heterocycles. The predicted octanol–water partition coefficient (Wildman–Crippen LogP) is 5.43. The van der Waals surface area contributed by atoms with Crippen LogP contribution in [0, 0.1) is 6.92 Å². The van der Waals surface area contributed by atoms with E-state index < -0.39 is 10.1 Å². The first-order valence-corrected chi connectivity index (χ1v) is 11.5. The molecule has 4 rings (SSSR count). The molecule has 0 amide bonds. The monoisotopic (exact) mass is 450 g/mol. The second-order valence-corrected chi connectivity index (χ2v) is 9.98. The summed E-state index contributed by atoms with van der Waals surface area (Å²) in [4.78, 5) is 0.181. The smallest absolute Gasteiger partial charge is 0.297 e. The average molecular weight is 451 g/mol. The molecule has 0 N–H and O–H groups in total. The highest BCUT2D eigenvalue weighted by atomic mass is 79.9. The summed E-state index contributed by atoms with van der Waals surface area (Å²) in [5.74, 6) is 1.44. The van der Waals surface area contributed by atoms with Crippen molar-refractivity contribution >= 4 is 26.0 Å². The Kier molecular flexibility index (Phi) is 5.08. The van der Waals surface area contributed by atoms with Gasteiger partial charge < -0.3 is 4.74 Å². The average Bonchev–Trinajstić information content (AvgIpc) is 3.31. The molecule has 1 atom stereocenters. The second kappa shape index (κ2) is 7.22. The number of halogens is 1. The van der Waals surface area contributed by atoms with Gasteiger partial charge in [0.1, 0.15) is 16.7 Å². The highest BCUT2D eigenvalue weighted by Crippen LogP contribution is 2.46. The van der Waals surface area contributed by atoms with Crippen LogP contribution >= 0.6 is 15.9 Å². The van der Waals surface area contributed by atoms with Gasteiger partial charge in [-0.1, -0.05) is 36.6 Å². The third-order valence-corrected chi connectivity index (χ3v) is 7.57. The van der Waals surface area contributed by atoms with Crippen molar-refractivity contribution in [2.45, 2.75) is 55.9 Å². The lowest BCUT2D eigenvalue weighted by molar-refractivity contribution is 0.233. The van der Waals surface area contributed by atoms with Gasteiger partial charge in [-0.25, -0.2) is 0 Å². The molecule has 2 aliphatic rings. The molecule has 27 heavy (non-hydrogen) atoms. The van der Waals surface area contributed by atoms with Crippen molar-refractivity contribution in [3.8, 4) is 5.75 Å². The third kappa shape index (κ3) is 3.55. The van der Waals surface area contributed by atoms with Crippen LogP contribution in [-0.2, 0) is 20.7 Å². The minimum Gasteiger partial charge on any atom is -0.484 e. The van der Waals surface area contributed by atoms with Crippen LogP contribution in [0.2, 0.25) is 0 Å². The zero-order valence-corrected chi connectivity index (χ0v) is 17.9. The van der Waals surface area contributed by atoms with Crippen molar-refractivity contribution in [3.05, 3.63) is 57.1 Å². The number of rotatable bonds is 4. The maximum Gasteiger partial charge on any atom is 0.297 e. The third-order valence-electron chi connectivity index (χ3n) is 5.64. The Morgan fingerprint density at radius 2 is 1.89 bits per heavy atom. The van der Waals surface area contributed by atoms with E-state index in [2.05, 4.69) is 28.1 Å². The predicted molar refractivity (Wildman–Crippen MR) is 108 cm³/mol. The standard InChI is InChI=1S/C21H23BrO4S/c1-13-7-8-20(27(23,24)25-2)17(9-13)19-12-16-10-15(14-5-3-4-6-14)11-18(22)21(16)26-19/h7-11,14,19H,3-6,12H2,1-2H3. The number of ether oxygens (including phenoxy) is 1. The van der Waals surface area contributed by atoms with Gasteiger partial charge in [0.25, 0.3) is 10.1 Å². The summed E-state index contributed by atoms with van der Waals surface area (Å²) in [5, 5.41) is 0. The van der Waals surface area contributed by atoms with Crippen LogP contribution in [0.4, 0.5) is 0 Å².